The molecule has 14 heavy (non-hydrogen) atoms. The molecule has 0 bridgehead atoms. The molecule has 0 saturated carbocycles. The predicted octanol–water partition coefficient (Wildman–Crippen LogP) is 3.61. The van der Waals surface area contributed by atoms with Crippen LogP contribution < -0.4 is 0 Å². The van der Waals surface area contributed by atoms with E-state index in [4.69, 9.17) is 0 Å². The first-order valence-electron chi connectivity index (χ1n) is 4.32. The molecule has 0 atom stereocenters. The second kappa shape index (κ2) is 3.88. The van der Waals surface area contributed by atoms with Gasteiger partial charge in [-0.25, -0.2) is 4.39 Å². The largest absolute Gasteiger partial charge is 0.356 e. The van der Waals surface area contributed by atoms with E-state index in [1.165, 1.54) is 17.7 Å². The van der Waals surface area contributed by atoms with E-state index in [1.807, 2.05) is 13.1 Å². The number of benzene rings is 1. The Bertz CT molecular complexity index is 419. The van der Waals surface area contributed by atoms with Crippen molar-refractivity contribution in [3.63, 3.8) is 0 Å². The third-order valence-corrected chi connectivity index (χ3v) is 2.81. The number of hydrogen-bond donors (Lipinski definition) is 1. The van der Waals surface area contributed by atoms with E-state index >= 15 is 0 Å². The lowest BCUT2D eigenvalue weighted by Crippen LogP contribution is -1.74. The van der Waals surface area contributed by atoms with E-state index in [-0.39, 0.29) is 5.82 Å². The van der Waals surface area contributed by atoms with Crippen LogP contribution in [0.4, 0.5) is 4.39 Å². The van der Waals surface area contributed by atoms with Crippen molar-refractivity contribution in [1.82, 2.24) is 4.98 Å². The molecule has 0 spiro atoms. The summed E-state index contributed by atoms with van der Waals surface area (Å²) in [6, 6.07) is 8.55. The highest BCUT2D eigenvalue weighted by molar-refractivity contribution is 7.99. The highest BCUT2D eigenvalue weighted by atomic mass is 32.2. The average molecular weight is 207 g/mol. The quantitative estimate of drug-likeness (QED) is 0.795. The highest BCUT2D eigenvalue weighted by Crippen LogP contribution is 2.26. The van der Waals surface area contributed by atoms with Crippen molar-refractivity contribution in [2.24, 2.45) is 0 Å². The lowest BCUT2D eigenvalue weighted by Gasteiger charge is -1.97. The standard InChI is InChI=1S/C11H10FNS/c1-8-6-11(13-7-8)14-10-4-2-9(12)3-5-10/h2-7,13H,1H3. The lowest BCUT2D eigenvalue weighted by atomic mass is 10.4. The summed E-state index contributed by atoms with van der Waals surface area (Å²) in [5, 5.41) is 1.08. The van der Waals surface area contributed by atoms with Crippen molar-refractivity contribution >= 4 is 11.8 Å². The molecule has 0 amide bonds. The second-order valence-electron chi connectivity index (χ2n) is 3.10. The van der Waals surface area contributed by atoms with Crippen molar-refractivity contribution in [3.05, 3.63) is 47.9 Å². The normalized spacial score (nSPS) is 10.4. The van der Waals surface area contributed by atoms with Gasteiger partial charge >= 0.3 is 0 Å². The molecular weight excluding hydrogens is 197 g/mol. The van der Waals surface area contributed by atoms with Crippen LogP contribution >= 0.6 is 11.8 Å². The van der Waals surface area contributed by atoms with Gasteiger partial charge in [-0.1, -0.05) is 11.8 Å². The monoisotopic (exact) mass is 207 g/mol. The molecule has 0 aliphatic heterocycles. The highest BCUT2D eigenvalue weighted by Gasteiger charge is 1.99. The Labute approximate surface area is 86.4 Å². The zero-order chi connectivity index (χ0) is 9.97. The Morgan fingerprint density at radius 1 is 1.21 bits per heavy atom. The van der Waals surface area contributed by atoms with E-state index in [0.29, 0.717) is 0 Å². The minimum Gasteiger partial charge on any atom is -0.356 e. The van der Waals surface area contributed by atoms with E-state index in [9.17, 15) is 4.39 Å². The second-order valence-corrected chi connectivity index (χ2v) is 4.21. The van der Waals surface area contributed by atoms with Crippen LogP contribution in [0.2, 0.25) is 0 Å². The molecule has 3 heteroatoms. The van der Waals surface area contributed by atoms with Gasteiger partial charge in [0.1, 0.15) is 5.82 Å². The minimum absolute atomic E-state index is 0.197. The Morgan fingerprint density at radius 2 is 1.93 bits per heavy atom. The van der Waals surface area contributed by atoms with Crippen molar-refractivity contribution in [2.45, 2.75) is 16.8 Å². The maximum absolute atomic E-state index is 12.6. The van der Waals surface area contributed by atoms with Crippen LogP contribution in [0.25, 0.3) is 0 Å². The summed E-state index contributed by atoms with van der Waals surface area (Å²) < 4.78 is 12.6. The third kappa shape index (κ3) is 2.17. The van der Waals surface area contributed by atoms with Crippen LogP contribution in [0.3, 0.4) is 0 Å². The van der Waals surface area contributed by atoms with Gasteiger partial charge in [0, 0.05) is 11.1 Å². The number of aromatic nitrogens is 1. The molecule has 0 unspecified atom stereocenters. The van der Waals surface area contributed by atoms with Crippen LogP contribution in [0, 0.1) is 12.7 Å². The van der Waals surface area contributed by atoms with Gasteiger partial charge in [0.2, 0.25) is 0 Å². The number of nitrogens with one attached hydrogen (secondary N) is 1. The van der Waals surface area contributed by atoms with Crippen molar-refractivity contribution in [3.8, 4) is 0 Å². The first kappa shape index (κ1) is 9.34. The fourth-order valence-corrected chi connectivity index (χ4v) is 2.05. The van der Waals surface area contributed by atoms with Gasteiger partial charge < -0.3 is 4.98 Å². The first-order chi connectivity index (χ1) is 6.74. The van der Waals surface area contributed by atoms with Gasteiger partial charge in [0.05, 0.1) is 5.03 Å². The molecular formula is C11H10FNS. The third-order valence-electron chi connectivity index (χ3n) is 1.84. The molecule has 2 rings (SSSR count). The molecule has 0 radical (unpaired) electrons. The number of aryl methyl sites for hydroxylation is 1. The first-order valence-corrected chi connectivity index (χ1v) is 5.14. The SMILES string of the molecule is Cc1c[nH]c(Sc2ccc(F)cc2)c1. The summed E-state index contributed by atoms with van der Waals surface area (Å²) in [7, 11) is 0. The Kier molecular flexibility index (Phi) is 2.59. The Hall–Kier alpha value is -1.22. The molecule has 1 aromatic heterocycles. The zero-order valence-corrected chi connectivity index (χ0v) is 8.57. The summed E-state index contributed by atoms with van der Waals surface area (Å²) in [6.45, 7) is 2.03. The summed E-state index contributed by atoms with van der Waals surface area (Å²) in [5.41, 5.74) is 1.20. The number of hydrogen-bond acceptors (Lipinski definition) is 1. The fraction of sp³-hybridized carbons (Fsp3) is 0.0909. The summed E-state index contributed by atoms with van der Waals surface area (Å²) in [6.07, 6.45) is 1.95. The molecule has 0 aliphatic rings. The Morgan fingerprint density at radius 3 is 2.50 bits per heavy atom. The van der Waals surface area contributed by atoms with Crippen LogP contribution in [-0.2, 0) is 0 Å². The number of rotatable bonds is 2. The molecule has 1 nitrogen and oxygen atoms in total. The average Bonchev–Trinajstić information content (AvgIpc) is 2.56. The van der Waals surface area contributed by atoms with Gasteiger partial charge in [-0.3, -0.25) is 0 Å². The van der Waals surface area contributed by atoms with Gasteiger partial charge in [-0.15, -0.1) is 0 Å². The van der Waals surface area contributed by atoms with E-state index in [2.05, 4.69) is 11.1 Å². The fourth-order valence-electron chi connectivity index (χ4n) is 1.16. The molecule has 0 aliphatic carbocycles. The molecule has 1 aromatic carbocycles. The molecule has 2 aromatic rings. The lowest BCUT2D eigenvalue weighted by molar-refractivity contribution is 0.626. The number of aromatic amines is 1. The predicted molar refractivity (Wildman–Crippen MR) is 56.1 cm³/mol. The molecule has 0 saturated heterocycles. The van der Waals surface area contributed by atoms with E-state index in [0.717, 1.165) is 9.92 Å². The maximum atomic E-state index is 12.6. The van der Waals surface area contributed by atoms with Gasteiger partial charge in [-0.2, -0.15) is 0 Å². The number of H-pyrrole nitrogens is 1. The van der Waals surface area contributed by atoms with Crippen LogP contribution in [-0.4, -0.2) is 4.98 Å². The molecule has 1 heterocycles. The van der Waals surface area contributed by atoms with Crippen molar-refractivity contribution < 1.29 is 4.39 Å². The van der Waals surface area contributed by atoms with Gasteiger partial charge in [-0.05, 0) is 42.8 Å². The summed E-state index contributed by atoms with van der Waals surface area (Å²) in [4.78, 5) is 4.17. The minimum atomic E-state index is -0.197. The van der Waals surface area contributed by atoms with Crippen molar-refractivity contribution in [1.29, 1.82) is 0 Å². The molecule has 1 N–H and O–H groups in total. The smallest absolute Gasteiger partial charge is 0.123 e. The van der Waals surface area contributed by atoms with E-state index < -0.39 is 0 Å². The Balaban J connectivity index is 2.15. The topological polar surface area (TPSA) is 15.8 Å². The summed E-state index contributed by atoms with van der Waals surface area (Å²) >= 11 is 1.59. The molecule has 0 fully saturated rings. The van der Waals surface area contributed by atoms with Gasteiger partial charge in [0.15, 0.2) is 0 Å². The molecule has 72 valence electrons. The van der Waals surface area contributed by atoms with Crippen LogP contribution in [0.15, 0.2) is 46.5 Å². The summed E-state index contributed by atoms with van der Waals surface area (Å²) in [5.74, 6) is -0.197. The van der Waals surface area contributed by atoms with Crippen LogP contribution in [0.1, 0.15) is 5.56 Å². The van der Waals surface area contributed by atoms with Gasteiger partial charge in [0.25, 0.3) is 0 Å². The van der Waals surface area contributed by atoms with Crippen LogP contribution in [0.5, 0.6) is 0 Å². The van der Waals surface area contributed by atoms with E-state index in [1.54, 1.807) is 23.9 Å². The number of halogens is 1. The maximum Gasteiger partial charge on any atom is 0.123 e. The zero-order valence-electron chi connectivity index (χ0n) is 7.75. The van der Waals surface area contributed by atoms with Crippen molar-refractivity contribution in [2.75, 3.05) is 0 Å².